The number of ether oxygens (including phenoxy) is 2. The van der Waals surface area contributed by atoms with Crippen LogP contribution in [-0.4, -0.2) is 37.2 Å². The zero-order chi connectivity index (χ0) is 14.2. The number of amides is 1. The number of esters is 1. The SMILES string of the molecule is CCCC(=O)OCC(C)OC(C)(CC)C(=O)NC. The molecular weight excluding hydrogens is 234 g/mol. The first-order valence-electron chi connectivity index (χ1n) is 6.45. The van der Waals surface area contributed by atoms with Crippen LogP contribution in [0.4, 0.5) is 0 Å². The summed E-state index contributed by atoms with van der Waals surface area (Å²) in [4.78, 5) is 22.9. The molecule has 0 aromatic rings. The summed E-state index contributed by atoms with van der Waals surface area (Å²) >= 11 is 0. The van der Waals surface area contributed by atoms with Crippen molar-refractivity contribution in [2.75, 3.05) is 13.7 Å². The second-order valence-corrected chi connectivity index (χ2v) is 4.53. The van der Waals surface area contributed by atoms with Crippen molar-refractivity contribution < 1.29 is 19.1 Å². The van der Waals surface area contributed by atoms with Gasteiger partial charge in [-0.2, -0.15) is 0 Å². The second-order valence-electron chi connectivity index (χ2n) is 4.53. The maximum Gasteiger partial charge on any atom is 0.305 e. The van der Waals surface area contributed by atoms with E-state index in [1.807, 2.05) is 13.8 Å². The number of hydrogen-bond acceptors (Lipinski definition) is 4. The van der Waals surface area contributed by atoms with Crippen molar-refractivity contribution in [2.24, 2.45) is 0 Å². The Morgan fingerprint density at radius 3 is 2.39 bits per heavy atom. The van der Waals surface area contributed by atoms with Gasteiger partial charge < -0.3 is 14.8 Å². The first kappa shape index (κ1) is 16.9. The third-order valence-corrected chi connectivity index (χ3v) is 2.78. The van der Waals surface area contributed by atoms with Crippen molar-refractivity contribution in [2.45, 2.75) is 58.7 Å². The van der Waals surface area contributed by atoms with Gasteiger partial charge in [-0.15, -0.1) is 0 Å². The van der Waals surface area contributed by atoms with Gasteiger partial charge in [0.2, 0.25) is 0 Å². The molecule has 0 radical (unpaired) electrons. The molecule has 5 nitrogen and oxygen atoms in total. The lowest BCUT2D eigenvalue weighted by Crippen LogP contribution is -2.47. The monoisotopic (exact) mass is 259 g/mol. The first-order valence-corrected chi connectivity index (χ1v) is 6.45. The van der Waals surface area contributed by atoms with Crippen LogP contribution in [0, 0.1) is 0 Å². The quantitative estimate of drug-likeness (QED) is 0.673. The van der Waals surface area contributed by atoms with Crippen LogP contribution < -0.4 is 5.32 Å². The minimum absolute atomic E-state index is 0.170. The maximum atomic E-state index is 11.7. The van der Waals surface area contributed by atoms with Crippen LogP contribution in [-0.2, 0) is 19.1 Å². The Hall–Kier alpha value is -1.10. The maximum absolute atomic E-state index is 11.7. The average Bonchev–Trinajstić information content (AvgIpc) is 2.35. The molecule has 0 saturated heterocycles. The van der Waals surface area contributed by atoms with Gasteiger partial charge in [0.15, 0.2) is 0 Å². The van der Waals surface area contributed by atoms with E-state index in [1.165, 1.54) is 0 Å². The molecule has 5 heteroatoms. The van der Waals surface area contributed by atoms with Crippen LogP contribution in [0.5, 0.6) is 0 Å². The number of carbonyl (C=O) groups is 2. The molecule has 0 aromatic heterocycles. The lowest BCUT2D eigenvalue weighted by atomic mass is 10.0. The van der Waals surface area contributed by atoms with Crippen LogP contribution >= 0.6 is 0 Å². The van der Waals surface area contributed by atoms with E-state index in [9.17, 15) is 9.59 Å². The summed E-state index contributed by atoms with van der Waals surface area (Å²) in [5, 5.41) is 2.58. The molecule has 0 aliphatic heterocycles. The van der Waals surface area contributed by atoms with E-state index in [0.29, 0.717) is 12.8 Å². The number of carbonyl (C=O) groups excluding carboxylic acids is 2. The summed E-state index contributed by atoms with van der Waals surface area (Å²) in [5.74, 6) is -0.400. The van der Waals surface area contributed by atoms with E-state index >= 15 is 0 Å². The zero-order valence-corrected chi connectivity index (χ0v) is 12.0. The first-order chi connectivity index (χ1) is 8.39. The van der Waals surface area contributed by atoms with Gasteiger partial charge in [0.25, 0.3) is 5.91 Å². The van der Waals surface area contributed by atoms with E-state index in [0.717, 1.165) is 6.42 Å². The number of hydrogen-bond donors (Lipinski definition) is 1. The fraction of sp³-hybridized carbons (Fsp3) is 0.846. The van der Waals surface area contributed by atoms with Crippen molar-refractivity contribution >= 4 is 11.9 Å². The Labute approximate surface area is 109 Å². The minimum atomic E-state index is -0.884. The second kappa shape index (κ2) is 8.08. The summed E-state index contributed by atoms with van der Waals surface area (Å²) < 4.78 is 10.7. The van der Waals surface area contributed by atoms with E-state index in [2.05, 4.69) is 5.32 Å². The molecule has 0 aliphatic rings. The van der Waals surface area contributed by atoms with Gasteiger partial charge in [-0.25, -0.2) is 0 Å². The molecule has 2 unspecified atom stereocenters. The van der Waals surface area contributed by atoms with Gasteiger partial charge in [0.05, 0.1) is 6.10 Å². The standard InChI is InChI=1S/C13H25NO4/c1-6-8-11(15)17-9-10(3)18-13(4,7-2)12(16)14-5/h10H,6-9H2,1-5H3,(H,14,16). The van der Waals surface area contributed by atoms with E-state index < -0.39 is 5.60 Å². The highest BCUT2D eigenvalue weighted by Gasteiger charge is 2.33. The Morgan fingerprint density at radius 1 is 1.33 bits per heavy atom. The third-order valence-electron chi connectivity index (χ3n) is 2.78. The highest BCUT2D eigenvalue weighted by atomic mass is 16.6. The average molecular weight is 259 g/mol. The fourth-order valence-electron chi connectivity index (χ4n) is 1.53. The molecular formula is C13H25NO4. The number of likely N-dealkylation sites (N-methyl/N-ethyl adjacent to an activating group) is 1. The molecule has 106 valence electrons. The minimum Gasteiger partial charge on any atom is -0.463 e. The predicted molar refractivity (Wildman–Crippen MR) is 69.2 cm³/mol. The smallest absolute Gasteiger partial charge is 0.305 e. The third kappa shape index (κ3) is 5.49. The van der Waals surface area contributed by atoms with Crippen LogP contribution in [0.3, 0.4) is 0 Å². The molecule has 2 atom stereocenters. The Kier molecular flexibility index (Phi) is 7.59. The topological polar surface area (TPSA) is 64.6 Å². The van der Waals surface area contributed by atoms with E-state index in [4.69, 9.17) is 9.47 Å². The van der Waals surface area contributed by atoms with Gasteiger partial charge >= 0.3 is 5.97 Å². The van der Waals surface area contributed by atoms with Crippen LogP contribution in [0.25, 0.3) is 0 Å². The summed E-state index contributed by atoms with van der Waals surface area (Å²) in [6.07, 6.45) is 1.42. The van der Waals surface area contributed by atoms with Gasteiger partial charge in [-0.05, 0) is 26.7 Å². The molecule has 0 rings (SSSR count). The Bertz CT molecular complexity index is 280. The number of rotatable bonds is 8. The zero-order valence-electron chi connectivity index (χ0n) is 12.0. The van der Waals surface area contributed by atoms with Crippen molar-refractivity contribution in [3.05, 3.63) is 0 Å². The Morgan fingerprint density at radius 2 is 1.94 bits per heavy atom. The fourth-order valence-corrected chi connectivity index (χ4v) is 1.53. The van der Waals surface area contributed by atoms with Crippen LogP contribution in [0.1, 0.15) is 47.0 Å². The highest BCUT2D eigenvalue weighted by molar-refractivity contribution is 5.84. The molecule has 0 saturated carbocycles. The molecule has 0 heterocycles. The van der Waals surface area contributed by atoms with Crippen molar-refractivity contribution in [3.8, 4) is 0 Å². The normalized spacial score (nSPS) is 15.6. The molecule has 0 spiro atoms. The number of nitrogens with one attached hydrogen (secondary N) is 1. The van der Waals surface area contributed by atoms with Gasteiger partial charge in [0, 0.05) is 13.5 Å². The van der Waals surface area contributed by atoms with E-state index in [1.54, 1.807) is 20.9 Å². The molecule has 1 N–H and O–H groups in total. The van der Waals surface area contributed by atoms with Crippen LogP contribution in [0.15, 0.2) is 0 Å². The van der Waals surface area contributed by atoms with Gasteiger partial charge in [-0.3, -0.25) is 9.59 Å². The molecule has 0 bridgehead atoms. The van der Waals surface area contributed by atoms with E-state index in [-0.39, 0.29) is 24.6 Å². The lowest BCUT2D eigenvalue weighted by Gasteiger charge is -2.30. The molecule has 1 amide bonds. The highest BCUT2D eigenvalue weighted by Crippen LogP contribution is 2.18. The summed E-state index contributed by atoms with van der Waals surface area (Å²) in [6.45, 7) is 7.49. The Balaban J connectivity index is 4.23. The molecule has 0 fully saturated rings. The van der Waals surface area contributed by atoms with Crippen molar-refractivity contribution in [1.29, 1.82) is 0 Å². The van der Waals surface area contributed by atoms with Crippen molar-refractivity contribution in [1.82, 2.24) is 5.32 Å². The summed E-state index contributed by atoms with van der Waals surface area (Å²) in [5.41, 5.74) is -0.884. The molecule has 0 aromatic carbocycles. The molecule has 18 heavy (non-hydrogen) atoms. The van der Waals surface area contributed by atoms with Gasteiger partial charge in [-0.1, -0.05) is 13.8 Å². The molecule has 0 aliphatic carbocycles. The van der Waals surface area contributed by atoms with Crippen molar-refractivity contribution in [3.63, 3.8) is 0 Å². The summed E-state index contributed by atoms with van der Waals surface area (Å²) in [6, 6.07) is 0. The predicted octanol–water partition coefficient (Wildman–Crippen LogP) is 1.65. The van der Waals surface area contributed by atoms with Crippen LogP contribution in [0.2, 0.25) is 0 Å². The van der Waals surface area contributed by atoms with Gasteiger partial charge in [0.1, 0.15) is 12.2 Å². The lowest BCUT2D eigenvalue weighted by molar-refractivity contribution is -0.162. The largest absolute Gasteiger partial charge is 0.463 e. The summed E-state index contributed by atoms with van der Waals surface area (Å²) in [7, 11) is 1.57.